The van der Waals surface area contributed by atoms with Gasteiger partial charge in [-0.1, -0.05) is 58.0 Å². The largest absolute Gasteiger partial charge is 0.483 e. The van der Waals surface area contributed by atoms with Gasteiger partial charge in [-0.05, 0) is 63.5 Å². The molecule has 0 saturated carbocycles. The Hall–Kier alpha value is -2.34. The third-order valence-corrected chi connectivity index (χ3v) is 6.00. The van der Waals surface area contributed by atoms with Gasteiger partial charge in [0.05, 0.1) is 4.47 Å². The van der Waals surface area contributed by atoms with Crippen molar-refractivity contribution in [2.24, 2.45) is 0 Å². The lowest BCUT2D eigenvalue weighted by Crippen LogP contribution is -2.49. The molecule has 0 radical (unpaired) electrons. The van der Waals surface area contributed by atoms with E-state index in [0.717, 1.165) is 15.6 Å². The minimum absolute atomic E-state index is 0.0169. The fourth-order valence-electron chi connectivity index (χ4n) is 3.36. The second-order valence-electron chi connectivity index (χ2n) is 8.67. The average molecular weight is 489 g/mol. The molecule has 5 nitrogen and oxygen atoms in total. The van der Waals surface area contributed by atoms with E-state index < -0.39 is 6.04 Å². The van der Waals surface area contributed by atoms with Gasteiger partial charge < -0.3 is 15.0 Å². The number of nitrogens with one attached hydrogen (secondary N) is 1. The summed E-state index contributed by atoms with van der Waals surface area (Å²) in [7, 11) is 1.59. The van der Waals surface area contributed by atoms with E-state index in [2.05, 4.69) is 42.0 Å². The number of carbonyl (C=O) groups excluding carboxylic acids is 2. The molecule has 0 aliphatic rings. The molecular weight excluding hydrogens is 456 g/mol. The molecule has 1 N–H and O–H groups in total. The van der Waals surface area contributed by atoms with Gasteiger partial charge in [0.1, 0.15) is 11.8 Å². The molecule has 0 unspecified atom stereocenters. The van der Waals surface area contributed by atoms with Gasteiger partial charge in [0.2, 0.25) is 5.91 Å². The molecule has 31 heavy (non-hydrogen) atoms. The Kier molecular flexibility index (Phi) is 8.69. The highest BCUT2D eigenvalue weighted by molar-refractivity contribution is 9.10. The maximum atomic E-state index is 13.2. The number of carbonyl (C=O) groups is 2. The van der Waals surface area contributed by atoms with Gasteiger partial charge in [-0.3, -0.25) is 9.59 Å². The predicted octanol–water partition coefficient (Wildman–Crippen LogP) is 4.99. The summed E-state index contributed by atoms with van der Waals surface area (Å²) >= 11 is 3.55. The quantitative estimate of drug-likeness (QED) is 0.569. The molecule has 0 heterocycles. The maximum Gasteiger partial charge on any atom is 0.261 e. The molecule has 2 amide bonds. The highest BCUT2D eigenvalue weighted by Crippen LogP contribution is 2.31. The van der Waals surface area contributed by atoms with E-state index in [1.165, 1.54) is 5.56 Å². The Morgan fingerprint density at radius 3 is 2.39 bits per heavy atom. The number of nitrogens with zero attached hydrogens (tertiary/aromatic N) is 1. The van der Waals surface area contributed by atoms with Gasteiger partial charge in [-0.2, -0.15) is 0 Å². The van der Waals surface area contributed by atoms with Crippen LogP contribution in [0.1, 0.15) is 50.8 Å². The van der Waals surface area contributed by atoms with Crippen molar-refractivity contribution in [3.63, 3.8) is 0 Å². The zero-order valence-electron chi connectivity index (χ0n) is 19.3. The summed E-state index contributed by atoms with van der Waals surface area (Å²) in [6.45, 7) is 10.5. The zero-order valence-corrected chi connectivity index (χ0v) is 20.9. The molecule has 2 rings (SSSR count). The summed E-state index contributed by atoms with van der Waals surface area (Å²) in [5.74, 6) is 0.191. The SMILES string of the molecule is CC[C@H](C(=O)NC)N(Cc1ccccc1C)C(=O)COc1ccc(C(C)(C)C)cc1Br. The molecule has 1 atom stereocenters. The molecule has 6 heteroatoms. The molecule has 0 bridgehead atoms. The first-order valence-corrected chi connectivity index (χ1v) is 11.4. The normalized spacial score (nSPS) is 12.2. The molecule has 2 aromatic rings. The van der Waals surface area contributed by atoms with E-state index in [1.807, 2.05) is 56.3 Å². The van der Waals surface area contributed by atoms with Crippen molar-refractivity contribution in [1.82, 2.24) is 10.2 Å². The van der Waals surface area contributed by atoms with Crippen LogP contribution in [-0.4, -0.2) is 36.4 Å². The van der Waals surface area contributed by atoms with Crippen LogP contribution in [0.3, 0.4) is 0 Å². The van der Waals surface area contributed by atoms with Crippen molar-refractivity contribution < 1.29 is 14.3 Å². The number of rotatable bonds is 8. The minimum Gasteiger partial charge on any atom is -0.483 e. The van der Waals surface area contributed by atoms with E-state index in [9.17, 15) is 9.59 Å². The molecule has 0 saturated heterocycles. The lowest BCUT2D eigenvalue weighted by atomic mass is 9.87. The number of benzene rings is 2. The van der Waals surface area contributed by atoms with Crippen molar-refractivity contribution in [3.05, 3.63) is 63.6 Å². The van der Waals surface area contributed by atoms with Crippen molar-refractivity contribution in [2.75, 3.05) is 13.7 Å². The summed E-state index contributed by atoms with van der Waals surface area (Å²) in [5.41, 5.74) is 3.27. The van der Waals surface area contributed by atoms with Crippen LogP contribution in [0.15, 0.2) is 46.9 Å². The molecule has 2 aromatic carbocycles. The molecule has 0 aromatic heterocycles. The number of hydrogen-bond donors (Lipinski definition) is 1. The van der Waals surface area contributed by atoms with E-state index >= 15 is 0 Å². The first-order valence-electron chi connectivity index (χ1n) is 10.6. The Morgan fingerprint density at radius 1 is 1.16 bits per heavy atom. The average Bonchev–Trinajstić information content (AvgIpc) is 2.72. The molecule has 0 spiro atoms. The monoisotopic (exact) mass is 488 g/mol. The standard InChI is InChI=1S/C25H33BrN2O3/c1-7-21(24(30)27-6)28(15-18-11-9-8-10-17(18)2)23(29)16-31-22-13-12-19(14-20(22)26)25(3,4)5/h8-14,21H,7,15-16H2,1-6H3,(H,27,30)/t21-/m1/s1. The van der Waals surface area contributed by atoms with Gasteiger partial charge in [0, 0.05) is 13.6 Å². The van der Waals surface area contributed by atoms with Gasteiger partial charge in [-0.15, -0.1) is 0 Å². The van der Waals surface area contributed by atoms with Gasteiger partial charge in [-0.25, -0.2) is 0 Å². The smallest absolute Gasteiger partial charge is 0.261 e. The molecule has 0 aliphatic carbocycles. The van der Waals surface area contributed by atoms with Crippen LogP contribution in [0.2, 0.25) is 0 Å². The Balaban J connectivity index is 2.23. The van der Waals surface area contributed by atoms with E-state index in [-0.39, 0.29) is 23.8 Å². The number of hydrogen-bond acceptors (Lipinski definition) is 3. The lowest BCUT2D eigenvalue weighted by molar-refractivity contribution is -0.142. The van der Waals surface area contributed by atoms with Crippen LogP contribution >= 0.6 is 15.9 Å². The lowest BCUT2D eigenvalue weighted by Gasteiger charge is -2.30. The highest BCUT2D eigenvalue weighted by Gasteiger charge is 2.28. The van der Waals surface area contributed by atoms with Crippen LogP contribution in [0.25, 0.3) is 0 Å². The second kappa shape index (κ2) is 10.8. The van der Waals surface area contributed by atoms with Crippen molar-refractivity contribution >= 4 is 27.7 Å². The summed E-state index contributed by atoms with van der Waals surface area (Å²) in [6, 6.07) is 13.2. The maximum absolute atomic E-state index is 13.2. The summed E-state index contributed by atoms with van der Waals surface area (Å²) < 4.78 is 6.66. The van der Waals surface area contributed by atoms with E-state index in [4.69, 9.17) is 4.74 Å². The Bertz CT molecular complexity index is 921. The summed E-state index contributed by atoms with van der Waals surface area (Å²) in [6.07, 6.45) is 0.515. The first-order chi connectivity index (χ1) is 14.6. The highest BCUT2D eigenvalue weighted by atomic mass is 79.9. The molecular formula is C25H33BrN2O3. The molecule has 0 aliphatic heterocycles. The third-order valence-electron chi connectivity index (χ3n) is 5.38. The Labute approximate surface area is 194 Å². The molecule has 0 fully saturated rings. The fraction of sp³-hybridized carbons (Fsp3) is 0.440. The molecule has 168 valence electrons. The van der Waals surface area contributed by atoms with Crippen molar-refractivity contribution in [3.8, 4) is 5.75 Å². The van der Waals surface area contributed by atoms with Crippen LogP contribution in [-0.2, 0) is 21.5 Å². The van der Waals surface area contributed by atoms with Gasteiger partial charge in [0.15, 0.2) is 6.61 Å². The van der Waals surface area contributed by atoms with Crippen LogP contribution in [0, 0.1) is 6.92 Å². The van der Waals surface area contributed by atoms with E-state index in [0.29, 0.717) is 18.7 Å². The number of amides is 2. The Morgan fingerprint density at radius 2 is 1.84 bits per heavy atom. The first kappa shape index (κ1) is 24.9. The topological polar surface area (TPSA) is 58.6 Å². The number of likely N-dealkylation sites (N-methyl/N-ethyl adjacent to an activating group) is 1. The summed E-state index contributed by atoms with van der Waals surface area (Å²) in [4.78, 5) is 27.3. The van der Waals surface area contributed by atoms with Crippen molar-refractivity contribution in [2.45, 2.75) is 59.0 Å². The van der Waals surface area contributed by atoms with Gasteiger partial charge >= 0.3 is 0 Å². The fourth-order valence-corrected chi connectivity index (χ4v) is 3.86. The number of halogens is 1. The third kappa shape index (κ3) is 6.57. The minimum atomic E-state index is -0.563. The van der Waals surface area contributed by atoms with Crippen molar-refractivity contribution in [1.29, 1.82) is 0 Å². The summed E-state index contributed by atoms with van der Waals surface area (Å²) in [5, 5.41) is 2.67. The number of aryl methyl sites for hydroxylation is 1. The van der Waals surface area contributed by atoms with Crippen LogP contribution in [0.4, 0.5) is 0 Å². The van der Waals surface area contributed by atoms with Gasteiger partial charge in [0.25, 0.3) is 5.91 Å². The number of ether oxygens (including phenoxy) is 1. The van der Waals surface area contributed by atoms with Crippen LogP contribution in [0.5, 0.6) is 5.75 Å². The van der Waals surface area contributed by atoms with E-state index in [1.54, 1.807) is 11.9 Å². The zero-order chi connectivity index (χ0) is 23.2. The second-order valence-corrected chi connectivity index (χ2v) is 9.52. The predicted molar refractivity (Wildman–Crippen MR) is 128 cm³/mol. The van der Waals surface area contributed by atoms with Crippen LogP contribution < -0.4 is 10.1 Å².